The van der Waals surface area contributed by atoms with Crippen LogP contribution in [0, 0.1) is 9.49 Å². The minimum atomic E-state index is -0.742. The van der Waals surface area contributed by atoms with Gasteiger partial charge in [-0.1, -0.05) is 5.16 Å². The fraction of sp³-hybridized carbons (Fsp3) is 0.300. The highest BCUT2D eigenvalue weighted by atomic mass is 127. The molecule has 0 heterocycles. The van der Waals surface area contributed by atoms with Crippen LogP contribution in [0.4, 0.5) is 0 Å². The molecule has 0 amide bonds. The van der Waals surface area contributed by atoms with Gasteiger partial charge in [0.2, 0.25) is 0 Å². The third-order valence-electron chi connectivity index (χ3n) is 3.97. The van der Waals surface area contributed by atoms with Crippen LogP contribution in [0.1, 0.15) is 26.7 Å². The van der Waals surface area contributed by atoms with Gasteiger partial charge in [0.25, 0.3) is 0 Å². The molecule has 0 saturated heterocycles. The van der Waals surface area contributed by atoms with Crippen molar-refractivity contribution >= 4 is 34.3 Å². The molecule has 1 fully saturated rings. The molecule has 2 aromatic rings. The first kappa shape index (κ1) is 18.7. The van der Waals surface area contributed by atoms with Gasteiger partial charge in [-0.05, 0) is 97.8 Å². The molecular weight excluding hydrogens is 445 g/mol. The van der Waals surface area contributed by atoms with Crippen molar-refractivity contribution in [2.75, 3.05) is 0 Å². The summed E-state index contributed by atoms with van der Waals surface area (Å²) in [5, 5.41) is 3.88. The number of hydrogen-bond acceptors (Lipinski definition) is 5. The van der Waals surface area contributed by atoms with E-state index in [9.17, 15) is 4.79 Å². The van der Waals surface area contributed by atoms with E-state index < -0.39 is 12.1 Å². The summed E-state index contributed by atoms with van der Waals surface area (Å²) in [6, 6.07) is 14.9. The Hall–Kier alpha value is -2.09. The molecule has 5 nitrogen and oxygen atoms in total. The maximum Gasteiger partial charge on any atom is 0.374 e. The lowest BCUT2D eigenvalue weighted by Gasteiger charge is -2.12. The van der Waals surface area contributed by atoms with Crippen LogP contribution < -0.4 is 9.47 Å². The Morgan fingerprint density at radius 3 is 2.15 bits per heavy atom. The zero-order chi connectivity index (χ0) is 18.5. The lowest BCUT2D eigenvalue weighted by molar-refractivity contribution is -0.151. The van der Waals surface area contributed by atoms with E-state index >= 15 is 0 Å². The summed E-state index contributed by atoms with van der Waals surface area (Å²) in [5.74, 6) is 1.98. The zero-order valence-corrected chi connectivity index (χ0v) is 16.8. The predicted molar refractivity (Wildman–Crippen MR) is 108 cm³/mol. The lowest BCUT2D eigenvalue weighted by atomic mass is 10.3. The molecule has 26 heavy (non-hydrogen) atoms. The average Bonchev–Trinajstić information content (AvgIpc) is 3.48. The van der Waals surface area contributed by atoms with Crippen LogP contribution in [0.2, 0.25) is 0 Å². The molecule has 6 heteroatoms. The Labute approximate surface area is 166 Å². The summed E-state index contributed by atoms with van der Waals surface area (Å²) in [6.07, 6.45) is 1.50. The highest BCUT2D eigenvalue weighted by Gasteiger charge is 2.25. The van der Waals surface area contributed by atoms with Gasteiger partial charge in [0.05, 0.1) is 5.71 Å². The Balaban J connectivity index is 1.52. The number of hydrogen-bond donors (Lipinski definition) is 0. The SMILES string of the molecule is CC(=NOC(=O)C(C)Oc1ccc(Oc2ccc(I)cc2)cc1)C1CC1. The van der Waals surface area contributed by atoms with Gasteiger partial charge < -0.3 is 14.3 Å². The molecule has 0 aliphatic heterocycles. The minimum Gasteiger partial charge on any atom is -0.479 e. The van der Waals surface area contributed by atoms with E-state index in [2.05, 4.69) is 27.7 Å². The first-order chi connectivity index (χ1) is 12.5. The fourth-order valence-electron chi connectivity index (χ4n) is 2.24. The topological polar surface area (TPSA) is 57.1 Å². The molecule has 1 saturated carbocycles. The maximum atomic E-state index is 12.0. The van der Waals surface area contributed by atoms with E-state index in [1.54, 1.807) is 31.2 Å². The Kier molecular flexibility index (Phi) is 6.13. The molecule has 3 rings (SSSR count). The van der Waals surface area contributed by atoms with Crippen LogP contribution in [0.3, 0.4) is 0 Å². The van der Waals surface area contributed by atoms with Crippen molar-refractivity contribution in [1.29, 1.82) is 0 Å². The van der Waals surface area contributed by atoms with Gasteiger partial charge in [0.15, 0.2) is 6.10 Å². The van der Waals surface area contributed by atoms with Gasteiger partial charge >= 0.3 is 5.97 Å². The van der Waals surface area contributed by atoms with Crippen molar-refractivity contribution < 1.29 is 19.1 Å². The molecular formula is C20H20INO4. The molecule has 1 atom stereocenters. The number of halogens is 1. The van der Waals surface area contributed by atoms with Gasteiger partial charge in [0.1, 0.15) is 17.2 Å². The Bertz CT molecular complexity index is 782. The van der Waals surface area contributed by atoms with E-state index in [0.717, 1.165) is 27.9 Å². The smallest absolute Gasteiger partial charge is 0.374 e. The summed E-state index contributed by atoms with van der Waals surface area (Å²) < 4.78 is 12.5. The number of carbonyl (C=O) groups is 1. The molecule has 2 aromatic carbocycles. The zero-order valence-electron chi connectivity index (χ0n) is 14.6. The second kappa shape index (κ2) is 8.53. The second-order valence-electron chi connectivity index (χ2n) is 6.20. The summed E-state index contributed by atoms with van der Waals surface area (Å²) in [7, 11) is 0. The van der Waals surface area contributed by atoms with Gasteiger partial charge in [-0.15, -0.1) is 0 Å². The Morgan fingerprint density at radius 2 is 1.58 bits per heavy atom. The van der Waals surface area contributed by atoms with Crippen LogP contribution in [-0.4, -0.2) is 17.8 Å². The van der Waals surface area contributed by atoms with Crippen LogP contribution in [-0.2, 0) is 9.63 Å². The molecule has 0 aromatic heterocycles. The van der Waals surface area contributed by atoms with Gasteiger partial charge in [-0.2, -0.15) is 0 Å². The molecule has 1 aliphatic carbocycles. The molecule has 136 valence electrons. The van der Waals surface area contributed by atoms with Crippen LogP contribution in [0.25, 0.3) is 0 Å². The summed E-state index contributed by atoms with van der Waals surface area (Å²) in [6.45, 7) is 3.52. The number of carbonyl (C=O) groups excluding carboxylic acids is 1. The van der Waals surface area contributed by atoms with E-state index in [1.807, 2.05) is 31.2 Å². The van der Waals surface area contributed by atoms with Crippen LogP contribution >= 0.6 is 22.6 Å². The number of rotatable bonds is 7. The first-order valence-electron chi connectivity index (χ1n) is 8.47. The summed E-state index contributed by atoms with van der Waals surface area (Å²) >= 11 is 2.25. The molecule has 0 bridgehead atoms. The van der Waals surface area contributed by atoms with Crippen LogP contribution in [0.5, 0.6) is 17.2 Å². The van der Waals surface area contributed by atoms with E-state index in [-0.39, 0.29) is 0 Å². The predicted octanol–water partition coefficient (Wildman–Crippen LogP) is 5.18. The summed E-state index contributed by atoms with van der Waals surface area (Å²) in [5.41, 5.74) is 0.864. The van der Waals surface area contributed by atoms with E-state index in [1.165, 1.54) is 0 Å². The average molecular weight is 465 g/mol. The number of benzene rings is 2. The van der Waals surface area contributed by atoms with E-state index in [0.29, 0.717) is 17.4 Å². The number of oxime groups is 1. The third-order valence-corrected chi connectivity index (χ3v) is 4.68. The Morgan fingerprint density at radius 1 is 1.04 bits per heavy atom. The molecule has 1 aliphatic rings. The number of nitrogens with zero attached hydrogens (tertiary/aromatic N) is 1. The molecule has 1 unspecified atom stereocenters. The van der Waals surface area contributed by atoms with Crippen molar-refractivity contribution in [3.8, 4) is 17.2 Å². The van der Waals surface area contributed by atoms with Gasteiger partial charge in [0, 0.05) is 9.49 Å². The molecule has 0 N–H and O–H groups in total. The van der Waals surface area contributed by atoms with Crippen LogP contribution in [0.15, 0.2) is 53.7 Å². The third kappa shape index (κ3) is 5.45. The standard InChI is InChI=1S/C20H20INO4/c1-13(15-3-4-15)22-26-20(23)14(2)24-17-9-11-19(12-10-17)25-18-7-5-16(21)6-8-18/h5-12,14-15H,3-4H2,1-2H3. The largest absolute Gasteiger partial charge is 0.479 e. The van der Waals surface area contributed by atoms with Crippen molar-refractivity contribution in [1.82, 2.24) is 0 Å². The second-order valence-corrected chi connectivity index (χ2v) is 7.45. The number of ether oxygens (including phenoxy) is 2. The van der Waals surface area contributed by atoms with Crippen molar-refractivity contribution in [2.24, 2.45) is 11.1 Å². The highest BCUT2D eigenvalue weighted by molar-refractivity contribution is 14.1. The summed E-state index contributed by atoms with van der Waals surface area (Å²) in [4.78, 5) is 16.9. The minimum absolute atomic E-state index is 0.472. The van der Waals surface area contributed by atoms with Crippen molar-refractivity contribution in [2.45, 2.75) is 32.8 Å². The van der Waals surface area contributed by atoms with Crippen molar-refractivity contribution in [3.63, 3.8) is 0 Å². The normalized spacial score (nSPS) is 15.3. The fourth-order valence-corrected chi connectivity index (χ4v) is 2.60. The van der Waals surface area contributed by atoms with E-state index in [4.69, 9.17) is 14.3 Å². The monoisotopic (exact) mass is 465 g/mol. The quantitative estimate of drug-likeness (QED) is 0.245. The molecule has 0 radical (unpaired) electrons. The lowest BCUT2D eigenvalue weighted by Crippen LogP contribution is -2.25. The first-order valence-corrected chi connectivity index (χ1v) is 9.54. The highest BCUT2D eigenvalue weighted by Crippen LogP contribution is 2.30. The maximum absolute atomic E-state index is 12.0. The van der Waals surface area contributed by atoms with Gasteiger partial charge in [-0.25, -0.2) is 4.79 Å². The van der Waals surface area contributed by atoms with Gasteiger partial charge in [-0.3, -0.25) is 0 Å². The molecule has 0 spiro atoms. The van der Waals surface area contributed by atoms with Crippen molar-refractivity contribution in [3.05, 3.63) is 52.1 Å².